The quantitative estimate of drug-likeness (QED) is 0.505. The fourth-order valence-corrected chi connectivity index (χ4v) is 3.77. The Hall–Kier alpha value is -0.340. The Morgan fingerprint density at radius 2 is 2.12 bits per heavy atom. The first-order valence-corrected chi connectivity index (χ1v) is 6.50. The third-order valence-electron chi connectivity index (χ3n) is 5.16. The average molecular weight is 222 g/mol. The van der Waals surface area contributed by atoms with E-state index >= 15 is 0 Å². The van der Waals surface area contributed by atoms with Crippen LogP contribution >= 0.6 is 0 Å². The largest absolute Gasteiger partial charge is 0.390 e. The number of hydrogen-bond acceptors (Lipinski definition) is 2. The lowest BCUT2D eigenvalue weighted by Crippen LogP contribution is -2.52. The van der Waals surface area contributed by atoms with Gasteiger partial charge < -0.3 is 9.84 Å². The summed E-state index contributed by atoms with van der Waals surface area (Å²) in [6.07, 6.45) is 5.76. The molecule has 16 heavy (non-hydrogen) atoms. The maximum Gasteiger partial charge on any atom is 0.0920 e. The van der Waals surface area contributed by atoms with Gasteiger partial charge >= 0.3 is 0 Å². The third kappa shape index (κ3) is 1.46. The Bertz CT molecular complexity index is 334. The van der Waals surface area contributed by atoms with Gasteiger partial charge in [0.15, 0.2) is 0 Å². The molecule has 0 amide bonds. The highest BCUT2D eigenvalue weighted by Gasteiger charge is 2.56. The minimum atomic E-state index is -0.460. The molecule has 0 bridgehead atoms. The highest BCUT2D eigenvalue weighted by Crippen LogP contribution is 2.55. The highest BCUT2D eigenvalue weighted by atomic mass is 16.6. The predicted octanol–water partition coefficient (Wildman–Crippen LogP) is 2.66. The molecule has 2 heteroatoms. The summed E-state index contributed by atoms with van der Waals surface area (Å²) in [5.41, 5.74) is 0.996. The molecule has 1 saturated heterocycles. The lowest BCUT2D eigenvalue weighted by molar-refractivity contribution is -0.117. The molecule has 0 radical (unpaired) electrons. The van der Waals surface area contributed by atoms with Crippen LogP contribution in [0.15, 0.2) is 12.2 Å². The first kappa shape index (κ1) is 10.8. The molecule has 2 nitrogen and oxygen atoms in total. The lowest BCUT2D eigenvalue weighted by Gasteiger charge is -2.51. The second-order valence-corrected chi connectivity index (χ2v) is 6.43. The van der Waals surface area contributed by atoms with E-state index in [1.807, 2.05) is 6.92 Å². The fraction of sp³-hybridized carbons (Fsp3) is 0.857. The SMILES string of the molecule is C=C1CC[C@@H]2O[C@@]2(C)CC[C@H]2[C@H]1C[C@]2(C)O. The molecule has 1 aliphatic heterocycles. The zero-order valence-electron chi connectivity index (χ0n) is 10.3. The van der Waals surface area contributed by atoms with Gasteiger partial charge in [0, 0.05) is 0 Å². The van der Waals surface area contributed by atoms with E-state index in [1.54, 1.807) is 0 Å². The average Bonchev–Trinajstić information content (AvgIpc) is 2.82. The van der Waals surface area contributed by atoms with Crippen molar-refractivity contribution < 1.29 is 9.84 Å². The minimum Gasteiger partial charge on any atom is -0.390 e. The number of epoxide rings is 1. The van der Waals surface area contributed by atoms with Crippen molar-refractivity contribution in [2.75, 3.05) is 0 Å². The molecule has 3 fully saturated rings. The molecule has 3 rings (SSSR count). The number of rotatable bonds is 0. The van der Waals surface area contributed by atoms with Crippen molar-refractivity contribution in [2.24, 2.45) is 11.8 Å². The molecule has 0 aromatic carbocycles. The molecule has 0 aromatic heterocycles. The van der Waals surface area contributed by atoms with Crippen molar-refractivity contribution in [3.8, 4) is 0 Å². The summed E-state index contributed by atoms with van der Waals surface area (Å²) in [7, 11) is 0. The molecule has 1 N–H and O–H groups in total. The van der Waals surface area contributed by atoms with Crippen molar-refractivity contribution in [3.05, 3.63) is 12.2 Å². The van der Waals surface area contributed by atoms with Crippen LogP contribution in [0, 0.1) is 11.8 Å². The lowest BCUT2D eigenvalue weighted by atomic mass is 9.58. The van der Waals surface area contributed by atoms with Gasteiger partial charge in [-0.15, -0.1) is 0 Å². The van der Waals surface area contributed by atoms with E-state index in [0.717, 1.165) is 32.1 Å². The van der Waals surface area contributed by atoms with Crippen LogP contribution in [0.3, 0.4) is 0 Å². The van der Waals surface area contributed by atoms with E-state index < -0.39 is 5.60 Å². The van der Waals surface area contributed by atoms with Crippen LogP contribution in [0.4, 0.5) is 0 Å². The Morgan fingerprint density at radius 1 is 1.38 bits per heavy atom. The molecule has 0 spiro atoms. The van der Waals surface area contributed by atoms with Crippen LogP contribution in [-0.2, 0) is 4.74 Å². The smallest absolute Gasteiger partial charge is 0.0920 e. The number of allylic oxidation sites excluding steroid dienone is 1. The van der Waals surface area contributed by atoms with Crippen LogP contribution in [0.25, 0.3) is 0 Å². The summed E-state index contributed by atoms with van der Waals surface area (Å²) in [5, 5.41) is 10.2. The van der Waals surface area contributed by atoms with E-state index in [0.29, 0.717) is 17.9 Å². The summed E-state index contributed by atoms with van der Waals surface area (Å²) < 4.78 is 5.78. The maximum absolute atomic E-state index is 10.2. The topological polar surface area (TPSA) is 32.8 Å². The Labute approximate surface area is 97.7 Å². The summed E-state index contributed by atoms with van der Waals surface area (Å²) in [4.78, 5) is 0. The van der Waals surface area contributed by atoms with Gasteiger partial charge in [-0.3, -0.25) is 0 Å². The highest BCUT2D eigenvalue weighted by molar-refractivity contribution is 5.17. The summed E-state index contributed by atoms with van der Waals surface area (Å²) in [6, 6.07) is 0. The summed E-state index contributed by atoms with van der Waals surface area (Å²) in [6.45, 7) is 8.41. The van der Waals surface area contributed by atoms with Crippen LogP contribution in [0.2, 0.25) is 0 Å². The summed E-state index contributed by atoms with van der Waals surface area (Å²) >= 11 is 0. The molecule has 2 saturated carbocycles. The third-order valence-corrected chi connectivity index (χ3v) is 5.16. The van der Waals surface area contributed by atoms with Crippen LogP contribution in [0.1, 0.15) is 46.0 Å². The van der Waals surface area contributed by atoms with E-state index in [2.05, 4.69) is 13.5 Å². The van der Waals surface area contributed by atoms with Crippen molar-refractivity contribution in [3.63, 3.8) is 0 Å². The number of ether oxygens (including phenoxy) is 1. The molecule has 90 valence electrons. The normalized spacial score (nSPS) is 56.2. The molecule has 0 aromatic rings. The van der Waals surface area contributed by atoms with Crippen LogP contribution in [-0.4, -0.2) is 22.4 Å². The first-order chi connectivity index (χ1) is 7.42. The van der Waals surface area contributed by atoms with Crippen LogP contribution < -0.4 is 0 Å². The standard InChI is InChI=1S/C14H22O2/c1-9-4-5-12-14(3,16-12)7-6-11-10(9)8-13(11,2)15/h10-12,15H,1,4-8H2,2-3H3/t10-,11-,12-,13-,14-/m0/s1. The first-order valence-electron chi connectivity index (χ1n) is 6.50. The zero-order chi connectivity index (χ0) is 11.6. The van der Waals surface area contributed by atoms with Crippen molar-refractivity contribution >= 4 is 0 Å². The maximum atomic E-state index is 10.2. The Kier molecular flexibility index (Phi) is 2.10. The summed E-state index contributed by atoms with van der Waals surface area (Å²) in [5.74, 6) is 0.982. The second kappa shape index (κ2) is 3.11. The number of aliphatic hydroxyl groups is 1. The van der Waals surface area contributed by atoms with E-state index in [1.165, 1.54) is 5.57 Å². The molecule has 5 atom stereocenters. The van der Waals surface area contributed by atoms with Gasteiger partial charge in [-0.25, -0.2) is 0 Å². The van der Waals surface area contributed by atoms with Crippen molar-refractivity contribution in [2.45, 2.75) is 63.3 Å². The van der Waals surface area contributed by atoms with Gasteiger partial charge in [-0.2, -0.15) is 0 Å². The number of hydrogen-bond donors (Lipinski definition) is 1. The van der Waals surface area contributed by atoms with Gasteiger partial charge in [0.05, 0.1) is 17.3 Å². The van der Waals surface area contributed by atoms with E-state index in [9.17, 15) is 5.11 Å². The van der Waals surface area contributed by atoms with Gasteiger partial charge in [0.1, 0.15) is 0 Å². The van der Waals surface area contributed by atoms with Gasteiger partial charge in [-0.05, 0) is 57.8 Å². The Morgan fingerprint density at radius 3 is 2.81 bits per heavy atom. The predicted molar refractivity (Wildman–Crippen MR) is 63.1 cm³/mol. The van der Waals surface area contributed by atoms with E-state index in [4.69, 9.17) is 4.74 Å². The van der Waals surface area contributed by atoms with Crippen LogP contribution in [0.5, 0.6) is 0 Å². The molecule has 3 aliphatic rings. The monoisotopic (exact) mass is 222 g/mol. The molecule has 1 heterocycles. The van der Waals surface area contributed by atoms with Gasteiger partial charge in [0.2, 0.25) is 0 Å². The van der Waals surface area contributed by atoms with Gasteiger partial charge in [-0.1, -0.05) is 12.2 Å². The molecule has 2 aliphatic carbocycles. The molecular formula is C14H22O2. The van der Waals surface area contributed by atoms with E-state index in [-0.39, 0.29) is 5.60 Å². The van der Waals surface area contributed by atoms with Crippen molar-refractivity contribution in [1.29, 1.82) is 0 Å². The minimum absolute atomic E-state index is 0.112. The molecule has 0 unspecified atom stereocenters. The fourth-order valence-electron chi connectivity index (χ4n) is 3.77. The number of fused-ring (bicyclic) bond motifs is 2. The Balaban J connectivity index is 1.78. The molecular weight excluding hydrogens is 200 g/mol. The van der Waals surface area contributed by atoms with Crippen molar-refractivity contribution in [1.82, 2.24) is 0 Å². The van der Waals surface area contributed by atoms with Gasteiger partial charge in [0.25, 0.3) is 0 Å². The second-order valence-electron chi connectivity index (χ2n) is 6.43. The zero-order valence-corrected chi connectivity index (χ0v) is 10.3.